The maximum atomic E-state index is 13.7. The van der Waals surface area contributed by atoms with Crippen LogP contribution in [0.3, 0.4) is 0 Å². The Morgan fingerprint density at radius 1 is 1.06 bits per heavy atom. The van der Waals surface area contributed by atoms with E-state index in [9.17, 15) is 13.2 Å². The maximum Gasteiger partial charge on any atom is 0.257 e. The van der Waals surface area contributed by atoms with Crippen molar-refractivity contribution in [2.24, 2.45) is 0 Å². The molecule has 0 radical (unpaired) electrons. The fourth-order valence-electron chi connectivity index (χ4n) is 4.31. The summed E-state index contributed by atoms with van der Waals surface area (Å²) in [7, 11) is 1.46. The molecule has 0 saturated carbocycles. The van der Waals surface area contributed by atoms with Gasteiger partial charge in [0, 0.05) is 44.0 Å². The highest BCUT2D eigenvalue weighted by Gasteiger charge is 2.31. The molecule has 3 aromatic rings. The Kier molecular flexibility index (Phi) is 7.13. The molecule has 9 nitrogen and oxygen atoms in total. The van der Waals surface area contributed by atoms with Gasteiger partial charge >= 0.3 is 0 Å². The number of benzene rings is 2. The average molecular weight is 499 g/mol. The van der Waals surface area contributed by atoms with Crippen molar-refractivity contribution in [3.05, 3.63) is 60.3 Å². The average Bonchev–Trinajstić information content (AvgIpc) is 3.32. The lowest BCUT2D eigenvalue weighted by Gasteiger charge is -2.35. The number of sulfonamides is 1. The van der Waals surface area contributed by atoms with Crippen molar-refractivity contribution in [2.45, 2.75) is 18.9 Å². The molecular formula is C25H30N4O5S. The van der Waals surface area contributed by atoms with Crippen LogP contribution in [0.15, 0.2) is 54.7 Å². The number of likely N-dealkylation sites (tertiary alicyclic amines) is 1. The summed E-state index contributed by atoms with van der Waals surface area (Å²) in [6, 6.07) is 14.9. The molecule has 4 rings (SSSR count). The Morgan fingerprint density at radius 2 is 1.74 bits per heavy atom. The fraction of sp³-hybridized carbons (Fsp3) is 0.360. The first-order valence-corrected chi connectivity index (χ1v) is 13.2. The van der Waals surface area contributed by atoms with Gasteiger partial charge in [0.05, 0.1) is 31.7 Å². The van der Waals surface area contributed by atoms with Gasteiger partial charge in [0.1, 0.15) is 17.2 Å². The minimum atomic E-state index is -3.28. The highest BCUT2D eigenvalue weighted by atomic mass is 32.2. The van der Waals surface area contributed by atoms with Crippen molar-refractivity contribution >= 4 is 15.9 Å². The van der Waals surface area contributed by atoms with Gasteiger partial charge < -0.3 is 14.4 Å². The van der Waals surface area contributed by atoms with Gasteiger partial charge in [-0.2, -0.15) is 5.10 Å². The predicted molar refractivity (Wildman–Crippen MR) is 134 cm³/mol. The lowest BCUT2D eigenvalue weighted by Crippen LogP contribution is -2.47. The van der Waals surface area contributed by atoms with E-state index in [1.165, 1.54) is 10.6 Å². The summed E-state index contributed by atoms with van der Waals surface area (Å²) < 4.78 is 37.9. The molecule has 1 aliphatic heterocycles. The third-order valence-electron chi connectivity index (χ3n) is 6.42. The topological polar surface area (TPSA) is 94.0 Å². The van der Waals surface area contributed by atoms with E-state index in [4.69, 9.17) is 14.6 Å². The molecule has 2 aromatic carbocycles. The summed E-state index contributed by atoms with van der Waals surface area (Å²) in [6.07, 6.45) is 4.09. The van der Waals surface area contributed by atoms with Crippen LogP contribution in [0.4, 0.5) is 0 Å². The van der Waals surface area contributed by atoms with Crippen LogP contribution in [0.2, 0.25) is 0 Å². The maximum absolute atomic E-state index is 13.7. The Bertz CT molecular complexity index is 1300. The van der Waals surface area contributed by atoms with Gasteiger partial charge in [-0.05, 0) is 37.1 Å². The van der Waals surface area contributed by atoms with Crippen LogP contribution in [0, 0.1) is 0 Å². The molecule has 186 valence electrons. The van der Waals surface area contributed by atoms with Gasteiger partial charge in [-0.1, -0.05) is 18.2 Å². The molecule has 0 N–H and O–H groups in total. The van der Waals surface area contributed by atoms with E-state index in [0.717, 1.165) is 5.69 Å². The number of rotatable bonds is 7. The molecule has 1 aromatic heterocycles. The molecule has 1 amide bonds. The second kappa shape index (κ2) is 10.1. The number of hydrogen-bond donors (Lipinski definition) is 0. The molecule has 1 fully saturated rings. The molecule has 1 aliphatic rings. The summed E-state index contributed by atoms with van der Waals surface area (Å²) in [5.41, 5.74) is 2.47. The monoisotopic (exact) mass is 498 g/mol. The van der Waals surface area contributed by atoms with Crippen LogP contribution in [0.25, 0.3) is 16.9 Å². The second-order valence-corrected chi connectivity index (χ2v) is 10.6. The molecule has 2 heterocycles. The quantitative estimate of drug-likeness (QED) is 0.497. The fourth-order valence-corrected chi connectivity index (χ4v) is 5.06. The van der Waals surface area contributed by atoms with Crippen molar-refractivity contribution in [3.8, 4) is 28.4 Å². The van der Waals surface area contributed by atoms with Crippen molar-refractivity contribution < 1.29 is 22.7 Å². The van der Waals surface area contributed by atoms with Crippen LogP contribution in [0.5, 0.6) is 11.5 Å². The summed E-state index contributed by atoms with van der Waals surface area (Å²) in [6.45, 7) is 0.915. The van der Waals surface area contributed by atoms with E-state index >= 15 is 0 Å². The van der Waals surface area contributed by atoms with Crippen LogP contribution in [0.1, 0.15) is 23.2 Å². The molecule has 10 heteroatoms. The zero-order valence-electron chi connectivity index (χ0n) is 20.3. The molecule has 1 saturated heterocycles. The zero-order valence-corrected chi connectivity index (χ0v) is 21.2. The second-order valence-electron chi connectivity index (χ2n) is 8.54. The number of aromatic nitrogens is 2. The van der Waals surface area contributed by atoms with Gasteiger partial charge in [0.15, 0.2) is 0 Å². The van der Waals surface area contributed by atoms with Gasteiger partial charge in [-0.3, -0.25) is 4.79 Å². The van der Waals surface area contributed by atoms with Crippen molar-refractivity contribution in [1.29, 1.82) is 0 Å². The Morgan fingerprint density at radius 3 is 2.34 bits per heavy atom. The first-order chi connectivity index (χ1) is 16.7. The molecule has 35 heavy (non-hydrogen) atoms. The van der Waals surface area contributed by atoms with Gasteiger partial charge in [0.2, 0.25) is 10.0 Å². The zero-order chi connectivity index (χ0) is 25.2. The van der Waals surface area contributed by atoms with Crippen LogP contribution in [-0.4, -0.2) is 80.0 Å². The van der Waals surface area contributed by atoms with E-state index in [2.05, 4.69) is 0 Å². The lowest BCUT2D eigenvalue weighted by atomic mass is 10.0. The Labute approximate surface area is 205 Å². The Hall–Kier alpha value is -3.37. The number of ether oxygens (including phenoxy) is 2. The minimum Gasteiger partial charge on any atom is -0.497 e. The highest BCUT2D eigenvalue weighted by Crippen LogP contribution is 2.35. The number of hydrogen-bond acceptors (Lipinski definition) is 6. The first-order valence-electron chi connectivity index (χ1n) is 11.3. The molecule has 0 atom stereocenters. The SMILES string of the molecule is COc1ccc(-c2nn(-c3ccccc3)cc2C(=O)N2CCC(N(C)S(C)(=O)=O)CC2)c(OC)c1. The minimum absolute atomic E-state index is 0.123. The van der Waals surface area contributed by atoms with Crippen molar-refractivity contribution in [1.82, 2.24) is 19.0 Å². The number of para-hydroxylation sites is 1. The summed E-state index contributed by atoms with van der Waals surface area (Å²) in [4.78, 5) is 15.5. The van der Waals surface area contributed by atoms with E-state index in [-0.39, 0.29) is 11.9 Å². The third-order valence-corrected chi connectivity index (χ3v) is 7.76. The summed E-state index contributed by atoms with van der Waals surface area (Å²) >= 11 is 0. The van der Waals surface area contributed by atoms with E-state index in [0.29, 0.717) is 54.3 Å². The standard InChI is InChI=1S/C25H30N4O5S/c1-27(35(4,31)32)18-12-14-28(15-13-18)25(30)22-17-29(19-8-6-5-7-9-19)26-24(22)21-11-10-20(33-2)16-23(21)34-3/h5-11,16-18H,12-15H2,1-4H3. The van der Waals surface area contributed by atoms with Gasteiger partial charge in [0.25, 0.3) is 5.91 Å². The van der Waals surface area contributed by atoms with Crippen molar-refractivity contribution in [2.75, 3.05) is 40.6 Å². The third kappa shape index (κ3) is 5.18. The number of carbonyl (C=O) groups excluding carboxylic acids is 1. The van der Waals surface area contributed by atoms with Crippen LogP contribution >= 0.6 is 0 Å². The van der Waals surface area contributed by atoms with E-state index in [1.807, 2.05) is 36.4 Å². The number of carbonyl (C=O) groups is 1. The van der Waals surface area contributed by atoms with E-state index < -0.39 is 10.0 Å². The van der Waals surface area contributed by atoms with Crippen LogP contribution in [-0.2, 0) is 10.0 Å². The summed E-state index contributed by atoms with van der Waals surface area (Å²) in [5.74, 6) is 1.03. The van der Waals surface area contributed by atoms with Gasteiger partial charge in [-0.15, -0.1) is 0 Å². The first kappa shape index (κ1) is 24.7. The van der Waals surface area contributed by atoms with E-state index in [1.54, 1.807) is 49.2 Å². The van der Waals surface area contributed by atoms with Crippen molar-refractivity contribution in [3.63, 3.8) is 0 Å². The lowest BCUT2D eigenvalue weighted by molar-refractivity contribution is 0.0687. The molecule has 0 bridgehead atoms. The molecule has 0 spiro atoms. The largest absolute Gasteiger partial charge is 0.497 e. The number of piperidine rings is 1. The van der Waals surface area contributed by atoms with Crippen LogP contribution < -0.4 is 9.47 Å². The van der Waals surface area contributed by atoms with Gasteiger partial charge in [-0.25, -0.2) is 17.4 Å². The number of nitrogens with zero attached hydrogens (tertiary/aromatic N) is 4. The molecular weight excluding hydrogens is 468 g/mol. The number of amides is 1. The highest BCUT2D eigenvalue weighted by molar-refractivity contribution is 7.88. The smallest absolute Gasteiger partial charge is 0.257 e. The number of methoxy groups -OCH3 is 2. The summed E-state index contributed by atoms with van der Waals surface area (Å²) in [5, 5.41) is 4.77. The molecule has 0 unspecified atom stereocenters. The normalized spacial score (nSPS) is 14.8. The Balaban J connectivity index is 1.69. The predicted octanol–water partition coefficient (Wildman–Crippen LogP) is 3.05. The molecule has 0 aliphatic carbocycles.